The Morgan fingerprint density at radius 3 is 2.65 bits per heavy atom. The Balaban J connectivity index is 0.00000512. The van der Waals surface area contributed by atoms with Crippen molar-refractivity contribution in [2.45, 2.75) is 39.0 Å². The highest BCUT2D eigenvalue weighted by Gasteiger charge is 2.07. The highest BCUT2D eigenvalue weighted by molar-refractivity contribution is 5.95. The molecule has 0 saturated heterocycles. The topological polar surface area (TPSA) is 70.9 Å². The first kappa shape index (κ1) is 23.9. The van der Waals surface area contributed by atoms with Crippen LogP contribution in [0.3, 0.4) is 0 Å². The number of phenolic OH excluding ortho intramolecular Hbond substituents is 1. The first-order valence-corrected chi connectivity index (χ1v) is 10.6. The molecule has 2 aromatic carbocycles. The maximum Gasteiger partial charge on any atom is 0.414 e. The van der Waals surface area contributed by atoms with E-state index in [1.54, 1.807) is 25.3 Å². The fourth-order valence-corrected chi connectivity index (χ4v) is 3.28. The number of aliphatic imine (C=N–C) groups is 1. The molecule has 2 aromatic rings. The van der Waals surface area contributed by atoms with Crippen molar-refractivity contribution < 1.29 is 16.1 Å². The number of carbonyl (C=O) groups excluding carboxylic acids is 1. The number of allylic oxidation sites excluding steroid dienone is 1. The molecule has 0 saturated carbocycles. The third-order valence-electron chi connectivity index (χ3n) is 4.91. The molecular formula is C26H34N2O3. The second-order valence-corrected chi connectivity index (χ2v) is 7.40. The summed E-state index contributed by atoms with van der Waals surface area (Å²) in [5.41, 5.74) is 4.82. The number of alkyl carbamates (subject to hydrolysis) is 1. The lowest BCUT2D eigenvalue weighted by atomic mass is 9.95. The van der Waals surface area contributed by atoms with E-state index in [0.29, 0.717) is 12.3 Å². The predicted molar refractivity (Wildman–Crippen MR) is 129 cm³/mol. The summed E-state index contributed by atoms with van der Waals surface area (Å²) in [5, 5.41) is 12.5. The van der Waals surface area contributed by atoms with Gasteiger partial charge in [0, 0.05) is 15.0 Å². The molecule has 0 unspecified atom stereocenters. The summed E-state index contributed by atoms with van der Waals surface area (Å²) in [7, 11) is 1.59. The zero-order valence-electron chi connectivity index (χ0n) is 18.4. The minimum absolute atomic E-state index is 0. The van der Waals surface area contributed by atoms with Gasteiger partial charge in [0.1, 0.15) is 5.75 Å². The lowest BCUT2D eigenvalue weighted by Gasteiger charge is -2.11. The lowest BCUT2D eigenvalue weighted by molar-refractivity contribution is 0.199. The van der Waals surface area contributed by atoms with Crippen LogP contribution in [0.2, 0.25) is 0 Å². The van der Waals surface area contributed by atoms with Crippen LogP contribution < -0.4 is 5.32 Å². The Morgan fingerprint density at radius 1 is 1.16 bits per heavy atom. The number of hydrogen-bond donors (Lipinski definition) is 2. The molecular weight excluding hydrogens is 388 g/mol. The Morgan fingerprint density at radius 2 is 1.94 bits per heavy atom. The summed E-state index contributed by atoms with van der Waals surface area (Å²) < 4.78 is 5.19. The van der Waals surface area contributed by atoms with Gasteiger partial charge in [-0.15, -0.1) is 6.58 Å². The average molecular weight is 423 g/mol. The molecule has 0 atom stereocenters. The third kappa shape index (κ3) is 8.91. The molecule has 31 heavy (non-hydrogen) atoms. The van der Waals surface area contributed by atoms with Gasteiger partial charge in [0.05, 0.1) is 0 Å². The number of nitrogens with zero attached hydrogens (tertiary/aromatic N) is 1. The molecule has 0 aliphatic rings. The SMILES string of the molecule is C=CCNC(=O)OC(/C=C(/C)CCCc1cc(O)ccc1CCc1ccccc1)=NC.[HH]. The minimum Gasteiger partial charge on any atom is -0.508 e. The summed E-state index contributed by atoms with van der Waals surface area (Å²) in [4.78, 5) is 15.7. The molecule has 166 valence electrons. The van der Waals surface area contributed by atoms with Gasteiger partial charge >= 0.3 is 6.09 Å². The summed E-state index contributed by atoms with van der Waals surface area (Å²) in [5.74, 6) is 0.574. The van der Waals surface area contributed by atoms with Crippen LogP contribution in [-0.2, 0) is 24.0 Å². The molecule has 2 N–H and O–H groups in total. The molecule has 0 heterocycles. The number of hydrogen-bond acceptors (Lipinski definition) is 4. The third-order valence-corrected chi connectivity index (χ3v) is 4.91. The lowest BCUT2D eigenvalue weighted by Crippen LogP contribution is -2.26. The minimum atomic E-state index is -0.549. The molecule has 0 spiro atoms. The molecule has 5 nitrogen and oxygen atoms in total. The van der Waals surface area contributed by atoms with Crippen LogP contribution in [0.1, 0.15) is 37.9 Å². The normalized spacial score (nSPS) is 11.8. The Hall–Kier alpha value is -3.34. The molecule has 1 amide bonds. The van der Waals surface area contributed by atoms with Crippen LogP contribution in [0.4, 0.5) is 4.79 Å². The second kappa shape index (κ2) is 13.1. The average Bonchev–Trinajstić information content (AvgIpc) is 2.77. The van der Waals surface area contributed by atoms with E-state index in [1.807, 2.05) is 25.1 Å². The van der Waals surface area contributed by atoms with Crippen molar-refractivity contribution in [3.8, 4) is 5.75 Å². The number of aryl methyl sites for hydroxylation is 3. The van der Waals surface area contributed by atoms with E-state index in [4.69, 9.17) is 4.74 Å². The molecule has 0 aliphatic heterocycles. The van der Waals surface area contributed by atoms with Gasteiger partial charge in [-0.3, -0.25) is 4.99 Å². The maximum atomic E-state index is 11.7. The highest BCUT2D eigenvalue weighted by Crippen LogP contribution is 2.21. The van der Waals surface area contributed by atoms with Crippen LogP contribution in [-0.4, -0.2) is 30.7 Å². The van der Waals surface area contributed by atoms with E-state index in [-0.39, 0.29) is 7.32 Å². The standard InChI is InChI=1S/C26H32N2O3.H2/c1-4-17-28-26(30)31-25(27-3)18-20(2)9-8-12-23-19-24(29)16-15-22(23)14-13-21-10-6-5-7-11-21;/h4-7,10-11,15-16,18-19,29H,1,8-9,12-14,17H2,2-3H3,(H,28,30);1H/b20-18-,27-25?;. The van der Waals surface area contributed by atoms with Gasteiger partial charge in [-0.05, 0) is 73.9 Å². The fraction of sp³-hybridized carbons (Fsp3) is 0.308. The number of amides is 1. The summed E-state index contributed by atoms with van der Waals surface area (Å²) in [6.07, 6.45) is 7.35. The van der Waals surface area contributed by atoms with Crippen LogP contribution in [0.15, 0.2) is 77.8 Å². The molecule has 0 fully saturated rings. The van der Waals surface area contributed by atoms with Crippen molar-refractivity contribution in [2.75, 3.05) is 13.6 Å². The van der Waals surface area contributed by atoms with Gasteiger partial charge in [-0.1, -0.05) is 48.0 Å². The fourth-order valence-electron chi connectivity index (χ4n) is 3.28. The number of ether oxygens (including phenoxy) is 1. The van der Waals surface area contributed by atoms with E-state index in [2.05, 4.69) is 41.2 Å². The quantitative estimate of drug-likeness (QED) is 0.296. The smallest absolute Gasteiger partial charge is 0.414 e. The van der Waals surface area contributed by atoms with Crippen LogP contribution in [0.25, 0.3) is 0 Å². The first-order valence-electron chi connectivity index (χ1n) is 10.6. The van der Waals surface area contributed by atoms with Crippen molar-refractivity contribution in [3.05, 3.63) is 89.5 Å². The van der Waals surface area contributed by atoms with Crippen molar-refractivity contribution in [2.24, 2.45) is 4.99 Å². The van der Waals surface area contributed by atoms with Crippen LogP contribution in [0, 0.1) is 0 Å². The Labute approximate surface area is 186 Å². The van der Waals surface area contributed by atoms with Crippen LogP contribution >= 0.6 is 0 Å². The molecule has 0 aliphatic carbocycles. The number of aromatic hydroxyl groups is 1. The summed E-state index contributed by atoms with van der Waals surface area (Å²) in [6, 6.07) is 16.1. The number of benzene rings is 2. The Bertz CT molecular complexity index is 924. The second-order valence-electron chi connectivity index (χ2n) is 7.40. The van der Waals surface area contributed by atoms with Crippen LogP contribution in [0.5, 0.6) is 5.75 Å². The Kier molecular flexibility index (Phi) is 10.1. The maximum absolute atomic E-state index is 11.7. The van der Waals surface area contributed by atoms with Crippen molar-refractivity contribution >= 4 is 12.0 Å². The monoisotopic (exact) mass is 422 g/mol. The van der Waals surface area contributed by atoms with Crippen molar-refractivity contribution in [1.82, 2.24) is 5.32 Å². The van der Waals surface area contributed by atoms with E-state index in [1.165, 1.54) is 16.7 Å². The van der Waals surface area contributed by atoms with Gasteiger partial charge in [-0.2, -0.15) is 0 Å². The number of nitrogens with one attached hydrogen (secondary N) is 1. The summed E-state index contributed by atoms with van der Waals surface area (Å²) in [6.45, 7) is 5.89. The van der Waals surface area contributed by atoms with Gasteiger partial charge in [0.15, 0.2) is 0 Å². The van der Waals surface area contributed by atoms with Gasteiger partial charge in [0.25, 0.3) is 0 Å². The molecule has 0 aromatic heterocycles. The molecule has 0 bridgehead atoms. The summed E-state index contributed by atoms with van der Waals surface area (Å²) >= 11 is 0. The largest absolute Gasteiger partial charge is 0.508 e. The first-order chi connectivity index (χ1) is 15.0. The van der Waals surface area contributed by atoms with Crippen molar-refractivity contribution in [3.63, 3.8) is 0 Å². The van der Waals surface area contributed by atoms with E-state index in [9.17, 15) is 9.90 Å². The van der Waals surface area contributed by atoms with Gasteiger partial charge in [0.2, 0.25) is 5.90 Å². The number of carbonyl (C=O) groups is 1. The molecule has 0 radical (unpaired) electrons. The van der Waals surface area contributed by atoms with E-state index < -0.39 is 6.09 Å². The molecule has 2 rings (SSSR count). The number of phenols is 1. The number of rotatable bonds is 10. The predicted octanol–water partition coefficient (Wildman–Crippen LogP) is 5.63. The van der Waals surface area contributed by atoms with E-state index in [0.717, 1.165) is 37.7 Å². The van der Waals surface area contributed by atoms with Crippen molar-refractivity contribution in [1.29, 1.82) is 0 Å². The van der Waals surface area contributed by atoms with Gasteiger partial charge in [-0.25, -0.2) is 4.79 Å². The zero-order chi connectivity index (χ0) is 22.5. The van der Waals surface area contributed by atoms with Gasteiger partial charge < -0.3 is 15.2 Å². The zero-order valence-corrected chi connectivity index (χ0v) is 18.4. The van der Waals surface area contributed by atoms with E-state index >= 15 is 0 Å². The molecule has 5 heteroatoms. The highest BCUT2D eigenvalue weighted by atomic mass is 16.6.